The van der Waals surface area contributed by atoms with Crippen LogP contribution in [-0.4, -0.2) is 47.0 Å². The Morgan fingerprint density at radius 2 is 1.72 bits per heavy atom. The van der Waals surface area contributed by atoms with E-state index in [9.17, 15) is 9.90 Å². The maximum absolute atomic E-state index is 12.4. The van der Waals surface area contributed by atoms with Gasteiger partial charge < -0.3 is 10.0 Å². The number of halogens is 1. The zero-order valence-electron chi connectivity index (χ0n) is 14.2. The lowest BCUT2D eigenvalue weighted by atomic mass is 10.1. The highest BCUT2D eigenvalue weighted by molar-refractivity contribution is 6.30. The minimum absolute atomic E-state index is 0.186. The molecule has 1 N–H and O–H groups in total. The van der Waals surface area contributed by atoms with Crippen molar-refractivity contribution in [3.63, 3.8) is 0 Å². The smallest absolute Gasteiger partial charge is 0.222 e. The van der Waals surface area contributed by atoms with Gasteiger partial charge in [0.05, 0.1) is 0 Å². The topological polar surface area (TPSA) is 43.8 Å². The highest BCUT2D eigenvalue weighted by Gasteiger charge is 2.20. The molecule has 0 radical (unpaired) electrons. The first-order chi connectivity index (χ1) is 12.1. The lowest BCUT2D eigenvalue weighted by molar-refractivity contribution is -0.133. The Bertz CT molecular complexity index is 727. The van der Waals surface area contributed by atoms with Gasteiger partial charge in [-0.3, -0.25) is 9.69 Å². The number of rotatable bonds is 5. The van der Waals surface area contributed by atoms with Gasteiger partial charge >= 0.3 is 0 Å². The summed E-state index contributed by atoms with van der Waals surface area (Å²) >= 11 is 6.04. The summed E-state index contributed by atoms with van der Waals surface area (Å²) < 4.78 is 0. The molecule has 0 aromatic heterocycles. The van der Waals surface area contributed by atoms with E-state index < -0.39 is 0 Å². The van der Waals surface area contributed by atoms with Crippen molar-refractivity contribution in [1.82, 2.24) is 9.80 Å². The molecule has 132 valence electrons. The van der Waals surface area contributed by atoms with Gasteiger partial charge in [-0.1, -0.05) is 35.9 Å². The number of amides is 1. The molecule has 0 unspecified atom stereocenters. The van der Waals surface area contributed by atoms with E-state index in [0.29, 0.717) is 12.8 Å². The van der Waals surface area contributed by atoms with Crippen LogP contribution in [0, 0.1) is 0 Å². The van der Waals surface area contributed by atoms with Crippen LogP contribution < -0.4 is 0 Å². The third-order valence-electron chi connectivity index (χ3n) is 4.56. The van der Waals surface area contributed by atoms with Gasteiger partial charge in [0.25, 0.3) is 0 Å². The molecule has 1 aliphatic heterocycles. The summed E-state index contributed by atoms with van der Waals surface area (Å²) in [4.78, 5) is 16.7. The standard InChI is InChI=1S/C20H23ClN2O2/c21-18-5-1-4-17(13-18)15-22-9-11-23(12-10-22)20(25)8-7-16-3-2-6-19(24)14-16/h1-6,13-14,24H,7-12,15H2. The number of aryl methyl sites for hydroxylation is 1. The van der Waals surface area contributed by atoms with E-state index in [1.165, 1.54) is 5.56 Å². The first-order valence-corrected chi connectivity index (χ1v) is 9.00. The van der Waals surface area contributed by atoms with Crippen molar-refractivity contribution in [1.29, 1.82) is 0 Å². The summed E-state index contributed by atoms with van der Waals surface area (Å²) in [6.45, 7) is 4.15. The van der Waals surface area contributed by atoms with Crippen LogP contribution in [0.5, 0.6) is 5.75 Å². The van der Waals surface area contributed by atoms with E-state index in [4.69, 9.17) is 11.6 Å². The van der Waals surface area contributed by atoms with E-state index >= 15 is 0 Å². The third kappa shape index (κ3) is 5.21. The van der Waals surface area contributed by atoms with Crippen LogP contribution in [0.25, 0.3) is 0 Å². The van der Waals surface area contributed by atoms with Crippen LogP contribution in [0.2, 0.25) is 5.02 Å². The largest absolute Gasteiger partial charge is 0.508 e. The van der Waals surface area contributed by atoms with Crippen LogP contribution in [0.3, 0.4) is 0 Å². The predicted octanol–water partition coefficient (Wildman–Crippen LogP) is 3.32. The molecule has 1 heterocycles. The van der Waals surface area contributed by atoms with E-state index in [2.05, 4.69) is 11.0 Å². The number of carbonyl (C=O) groups excluding carboxylic acids is 1. The van der Waals surface area contributed by atoms with E-state index in [1.54, 1.807) is 12.1 Å². The molecule has 5 heteroatoms. The summed E-state index contributed by atoms with van der Waals surface area (Å²) in [6.07, 6.45) is 1.15. The quantitative estimate of drug-likeness (QED) is 0.891. The molecule has 0 saturated carbocycles. The number of carbonyl (C=O) groups is 1. The molecular weight excluding hydrogens is 336 g/mol. The maximum atomic E-state index is 12.4. The molecule has 1 fully saturated rings. The molecule has 1 aliphatic rings. The summed E-state index contributed by atoms with van der Waals surface area (Å²) in [5.74, 6) is 0.435. The normalized spacial score (nSPS) is 15.3. The predicted molar refractivity (Wildman–Crippen MR) is 99.7 cm³/mol. The number of benzene rings is 2. The summed E-state index contributed by atoms with van der Waals surface area (Å²) in [5, 5.41) is 10.2. The van der Waals surface area contributed by atoms with Gasteiger partial charge in [-0.25, -0.2) is 0 Å². The zero-order chi connectivity index (χ0) is 17.6. The molecule has 2 aromatic rings. The Labute approximate surface area is 153 Å². The molecule has 1 amide bonds. The van der Waals surface area contributed by atoms with Gasteiger partial charge in [-0.05, 0) is 41.8 Å². The molecule has 2 aromatic carbocycles. The number of hydrogen-bond acceptors (Lipinski definition) is 3. The average Bonchev–Trinajstić information content (AvgIpc) is 2.60. The minimum atomic E-state index is 0.186. The van der Waals surface area contributed by atoms with Crippen LogP contribution in [0.4, 0.5) is 0 Å². The van der Waals surface area contributed by atoms with Crippen molar-refractivity contribution in [3.05, 3.63) is 64.7 Å². The first kappa shape index (κ1) is 17.8. The number of phenolic OH excluding ortho intramolecular Hbond substituents is 1. The molecule has 0 atom stereocenters. The summed E-state index contributed by atoms with van der Waals surface area (Å²) in [7, 11) is 0. The van der Waals surface area contributed by atoms with Gasteiger partial charge in [0.2, 0.25) is 5.91 Å². The van der Waals surface area contributed by atoms with Crippen molar-refractivity contribution in [3.8, 4) is 5.75 Å². The van der Waals surface area contributed by atoms with Crippen LogP contribution >= 0.6 is 11.6 Å². The second-order valence-corrected chi connectivity index (χ2v) is 6.89. The van der Waals surface area contributed by atoms with Crippen LogP contribution in [0.15, 0.2) is 48.5 Å². The molecule has 1 saturated heterocycles. The van der Waals surface area contributed by atoms with Crippen LogP contribution in [0.1, 0.15) is 17.5 Å². The van der Waals surface area contributed by atoms with Crippen molar-refractivity contribution in [2.75, 3.05) is 26.2 Å². The number of hydrogen-bond donors (Lipinski definition) is 1. The molecule has 0 aliphatic carbocycles. The molecule has 4 nitrogen and oxygen atoms in total. The van der Waals surface area contributed by atoms with Crippen LogP contribution in [-0.2, 0) is 17.8 Å². The lowest BCUT2D eigenvalue weighted by Gasteiger charge is -2.35. The van der Waals surface area contributed by atoms with Crippen molar-refractivity contribution < 1.29 is 9.90 Å². The summed E-state index contributed by atoms with van der Waals surface area (Å²) in [5.41, 5.74) is 2.20. The summed E-state index contributed by atoms with van der Waals surface area (Å²) in [6, 6.07) is 15.0. The highest BCUT2D eigenvalue weighted by Crippen LogP contribution is 2.16. The number of aromatic hydroxyl groups is 1. The highest BCUT2D eigenvalue weighted by atomic mass is 35.5. The molecular formula is C20H23ClN2O2. The SMILES string of the molecule is O=C(CCc1cccc(O)c1)N1CCN(Cc2cccc(Cl)c2)CC1. The van der Waals surface area contributed by atoms with Crippen molar-refractivity contribution in [2.24, 2.45) is 0 Å². The zero-order valence-corrected chi connectivity index (χ0v) is 15.0. The lowest BCUT2D eigenvalue weighted by Crippen LogP contribution is -2.48. The average molecular weight is 359 g/mol. The Morgan fingerprint density at radius 3 is 2.44 bits per heavy atom. The minimum Gasteiger partial charge on any atom is -0.508 e. The number of piperazine rings is 1. The Morgan fingerprint density at radius 1 is 1.00 bits per heavy atom. The molecule has 3 rings (SSSR count). The van der Waals surface area contributed by atoms with Gasteiger partial charge in [0.15, 0.2) is 0 Å². The van der Waals surface area contributed by atoms with Gasteiger partial charge in [0, 0.05) is 44.2 Å². The maximum Gasteiger partial charge on any atom is 0.222 e. The Hall–Kier alpha value is -2.04. The number of phenols is 1. The number of nitrogens with zero attached hydrogens (tertiary/aromatic N) is 2. The monoisotopic (exact) mass is 358 g/mol. The van der Waals surface area contributed by atoms with E-state index in [0.717, 1.165) is 43.3 Å². The first-order valence-electron chi connectivity index (χ1n) is 8.62. The van der Waals surface area contributed by atoms with Crippen molar-refractivity contribution in [2.45, 2.75) is 19.4 Å². The van der Waals surface area contributed by atoms with E-state index in [-0.39, 0.29) is 11.7 Å². The van der Waals surface area contributed by atoms with Gasteiger partial charge in [-0.2, -0.15) is 0 Å². The fraction of sp³-hybridized carbons (Fsp3) is 0.350. The van der Waals surface area contributed by atoms with Gasteiger partial charge in [-0.15, -0.1) is 0 Å². The molecule has 0 bridgehead atoms. The Kier molecular flexibility index (Phi) is 5.95. The Balaban J connectivity index is 1.44. The fourth-order valence-electron chi connectivity index (χ4n) is 3.17. The second kappa shape index (κ2) is 8.37. The second-order valence-electron chi connectivity index (χ2n) is 6.46. The van der Waals surface area contributed by atoms with Gasteiger partial charge in [0.1, 0.15) is 5.75 Å². The fourth-order valence-corrected chi connectivity index (χ4v) is 3.38. The van der Waals surface area contributed by atoms with E-state index in [1.807, 2.05) is 35.2 Å². The van der Waals surface area contributed by atoms with Crippen molar-refractivity contribution >= 4 is 17.5 Å². The molecule has 0 spiro atoms. The third-order valence-corrected chi connectivity index (χ3v) is 4.79. The molecule has 25 heavy (non-hydrogen) atoms.